The van der Waals surface area contributed by atoms with Crippen molar-refractivity contribution in [3.05, 3.63) is 18.0 Å². The summed E-state index contributed by atoms with van der Waals surface area (Å²) in [6, 6.07) is 2.82. The van der Waals surface area contributed by atoms with E-state index in [4.69, 9.17) is 4.74 Å². The van der Waals surface area contributed by atoms with Gasteiger partial charge in [0.1, 0.15) is 6.61 Å². The van der Waals surface area contributed by atoms with Crippen molar-refractivity contribution in [3.63, 3.8) is 0 Å². The second-order valence-corrected chi connectivity index (χ2v) is 3.58. The minimum Gasteiger partial charge on any atom is -0.462 e. The van der Waals surface area contributed by atoms with Crippen molar-refractivity contribution in [3.8, 4) is 6.01 Å². The van der Waals surface area contributed by atoms with Gasteiger partial charge in [0, 0.05) is 17.9 Å². The fourth-order valence-corrected chi connectivity index (χ4v) is 1.57. The quantitative estimate of drug-likeness (QED) is 0.850. The molecule has 2 heterocycles. The minimum atomic E-state index is 0. The molecule has 1 atom stereocenters. The molecule has 0 amide bonds. The van der Waals surface area contributed by atoms with Gasteiger partial charge in [-0.15, -0.1) is 12.4 Å². The average Bonchev–Trinajstić information content (AvgIpc) is 2.67. The molecular formula is C10H16ClN3O. The Hall–Kier alpha value is -0.870. The van der Waals surface area contributed by atoms with Crippen molar-refractivity contribution in [2.24, 2.45) is 0 Å². The van der Waals surface area contributed by atoms with Crippen LogP contribution in [0.3, 0.4) is 0 Å². The first-order valence-corrected chi connectivity index (χ1v) is 5.00. The lowest BCUT2D eigenvalue weighted by Crippen LogP contribution is -2.28. The van der Waals surface area contributed by atoms with E-state index in [-0.39, 0.29) is 12.4 Å². The molecule has 2 rings (SSSR count). The summed E-state index contributed by atoms with van der Waals surface area (Å²) < 4.78 is 5.49. The summed E-state index contributed by atoms with van der Waals surface area (Å²) in [5.74, 6) is 0. The first-order valence-electron chi connectivity index (χ1n) is 5.00. The second kappa shape index (κ2) is 5.88. The summed E-state index contributed by atoms with van der Waals surface area (Å²) in [5.41, 5.74) is 0.939. The molecule has 4 nitrogen and oxygen atoms in total. The van der Waals surface area contributed by atoms with Crippen LogP contribution in [-0.2, 0) is 0 Å². The molecule has 1 aliphatic heterocycles. The van der Waals surface area contributed by atoms with Crippen LogP contribution >= 0.6 is 12.4 Å². The standard InChI is InChI=1S/C10H15N3O.ClH/c1-8-4-6-12-10(13-8)14-7-9-3-2-5-11-9;/h4,6,9,11H,2-3,5,7H2,1H3;1H. The zero-order valence-electron chi connectivity index (χ0n) is 8.77. The fraction of sp³-hybridized carbons (Fsp3) is 0.600. The molecule has 1 aliphatic rings. The lowest BCUT2D eigenvalue weighted by Gasteiger charge is -2.10. The molecule has 1 aromatic heterocycles. The molecule has 0 aliphatic carbocycles. The topological polar surface area (TPSA) is 47.0 Å². The Morgan fingerprint density at radius 3 is 3.13 bits per heavy atom. The van der Waals surface area contributed by atoms with Crippen LogP contribution in [0.1, 0.15) is 18.5 Å². The summed E-state index contributed by atoms with van der Waals surface area (Å²) >= 11 is 0. The summed E-state index contributed by atoms with van der Waals surface area (Å²) in [7, 11) is 0. The van der Waals surface area contributed by atoms with Crippen LogP contribution in [0.25, 0.3) is 0 Å². The Labute approximate surface area is 95.9 Å². The van der Waals surface area contributed by atoms with Crippen LogP contribution in [0.15, 0.2) is 12.3 Å². The molecule has 84 valence electrons. The molecule has 0 radical (unpaired) electrons. The predicted molar refractivity (Wildman–Crippen MR) is 60.5 cm³/mol. The Morgan fingerprint density at radius 1 is 1.60 bits per heavy atom. The van der Waals surface area contributed by atoms with E-state index in [2.05, 4.69) is 15.3 Å². The number of halogens is 1. The predicted octanol–water partition coefficient (Wildman–Crippen LogP) is 1.34. The highest BCUT2D eigenvalue weighted by Crippen LogP contribution is 2.07. The maximum absolute atomic E-state index is 5.49. The molecular weight excluding hydrogens is 214 g/mol. The lowest BCUT2D eigenvalue weighted by atomic mass is 10.2. The summed E-state index contributed by atoms with van der Waals surface area (Å²) in [6.07, 6.45) is 4.15. The third-order valence-electron chi connectivity index (χ3n) is 2.35. The highest BCUT2D eigenvalue weighted by atomic mass is 35.5. The van der Waals surface area contributed by atoms with Crippen molar-refractivity contribution < 1.29 is 4.74 Å². The molecule has 0 saturated carbocycles. The number of ether oxygens (including phenoxy) is 1. The van der Waals surface area contributed by atoms with E-state index >= 15 is 0 Å². The van der Waals surface area contributed by atoms with Crippen LogP contribution in [0, 0.1) is 6.92 Å². The van der Waals surface area contributed by atoms with Crippen LogP contribution in [-0.4, -0.2) is 29.2 Å². The first-order chi connectivity index (χ1) is 6.84. The molecule has 1 N–H and O–H groups in total. The Kier molecular flexibility index (Phi) is 4.78. The number of nitrogens with one attached hydrogen (secondary N) is 1. The first kappa shape index (κ1) is 12.2. The van der Waals surface area contributed by atoms with Crippen LogP contribution in [0.5, 0.6) is 6.01 Å². The van der Waals surface area contributed by atoms with E-state index in [1.165, 1.54) is 12.8 Å². The van der Waals surface area contributed by atoms with Gasteiger partial charge in [0.05, 0.1) is 0 Å². The van der Waals surface area contributed by atoms with Crippen LogP contribution < -0.4 is 10.1 Å². The van der Waals surface area contributed by atoms with Gasteiger partial charge in [-0.1, -0.05) is 0 Å². The average molecular weight is 230 g/mol. The monoisotopic (exact) mass is 229 g/mol. The van der Waals surface area contributed by atoms with Gasteiger partial charge in [-0.2, -0.15) is 0 Å². The molecule has 5 heteroatoms. The molecule has 1 aromatic rings. The van der Waals surface area contributed by atoms with Crippen LogP contribution in [0.2, 0.25) is 0 Å². The number of hydrogen-bond acceptors (Lipinski definition) is 4. The highest BCUT2D eigenvalue weighted by Gasteiger charge is 2.14. The van der Waals surface area contributed by atoms with E-state index in [1.54, 1.807) is 6.20 Å². The Morgan fingerprint density at radius 2 is 2.47 bits per heavy atom. The summed E-state index contributed by atoms with van der Waals surface area (Å²) in [6.45, 7) is 3.70. The van der Waals surface area contributed by atoms with Crippen molar-refractivity contribution in [2.75, 3.05) is 13.2 Å². The third-order valence-corrected chi connectivity index (χ3v) is 2.35. The van der Waals surface area contributed by atoms with Crippen molar-refractivity contribution in [1.29, 1.82) is 0 Å². The lowest BCUT2D eigenvalue weighted by molar-refractivity contribution is 0.256. The van der Waals surface area contributed by atoms with E-state index in [0.717, 1.165) is 12.2 Å². The number of rotatable bonds is 3. The largest absolute Gasteiger partial charge is 0.462 e. The normalized spacial score (nSPS) is 19.7. The van der Waals surface area contributed by atoms with Crippen molar-refractivity contribution in [2.45, 2.75) is 25.8 Å². The maximum atomic E-state index is 5.49. The van der Waals surface area contributed by atoms with E-state index in [1.807, 2.05) is 13.0 Å². The zero-order valence-corrected chi connectivity index (χ0v) is 9.59. The molecule has 1 unspecified atom stereocenters. The van der Waals surface area contributed by atoms with Gasteiger partial charge < -0.3 is 10.1 Å². The highest BCUT2D eigenvalue weighted by molar-refractivity contribution is 5.85. The fourth-order valence-electron chi connectivity index (χ4n) is 1.57. The van der Waals surface area contributed by atoms with Gasteiger partial charge >= 0.3 is 6.01 Å². The van der Waals surface area contributed by atoms with Crippen molar-refractivity contribution >= 4 is 12.4 Å². The SMILES string of the molecule is Cc1ccnc(OCC2CCCN2)n1.Cl. The van der Waals surface area contributed by atoms with Gasteiger partial charge in [-0.3, -0.25) is 0 Å². The third kappa shape index (κ3) is 3.64. The Bertz CT molecular complexity index is 302. The summed E-state index contributed by atoms with van der Waals surface area (Å²) in [5, 5.41) is 3.36. The zero-order chi connectivity index (χ0) is 9.80. The minimum absolute atomic E-state index is 0. The van der Waals surface area contributed by atoms with E-state index in [0.29, 0.717) is 18.7 Å². The smallest absolute Gasteiger partial charge is 0.316 e. The molecule has 1 saturated heterocycles. The van der Waals surface area contributed by atoms with Crippen molar-refractivity contribution in [1.82, 2.24) is 15.3 Å². The molecule has 1 fully saturated rings. The second-order valence-electron chi connectivity index (χ2n) is 3.58. The molecule has 15 heavy (non-hydrogen) atoms. The van der Waals surface area contributed by atoms with E-state index in [9.17, 15) is 0 Å². The van der Waals surface area contributed by atoms with Gasteiger partial charge in [-0.05, 0) is 32.4 Å². The molecule has 0 aromatic carbocycles. The number of nitrogens with zero attached hydrogens (tertiary/aromatic N) is 2. The van der Waals surface area contributed by atoms with E-state index < -0.39 is 0 Å². The van der Waals surface area contributed by atoms with Gasteiger partial charge in [0.15, 0.2) is 0 Å². The number of hydrogen-bond donors (Lipinski definition) is 1. The summed E-state index contributed by atoms with van der Waals surface area (Å²) in [4.78, 5) is 8.21. The van der Waals surface area contributed by atoms with Gasteiger partial charge in [0.25, 0.3) is 0 Å². The van der Waals surface area contributed by atoms with Crippen LogP contribution in [0.4, 0.5) is 0 Å². The number of aromatic nitrogens is 2. The molecule has 0 bridgehead atoms. The van der Waals surface area contributed by atoms with Gasteiger partial charge in [-0.25, -0.2) is 9.97 Å². The van der Waals surface area contributed by atoms with Gasteiger partial charge in [0.2, 0.25) is 0 Å². The molecule has 0 spiro atoms. The Balaban J connectivity index is 0.00000112. The number of aryl methyl sites for hydroxylation is 1. The maximum Gasteiger partial charge on any atom is 0.316 e.